The van der Waals surface area contributed by atoms with E-state index >= 15 is 0 Å². The Morgan fingerprint density at radius 1 is 1.00 bits per heavy atom. The molecule has 1 amide bonds. The first kappa shape index (κ1) is 17.8. The number of alkyl halides is 1. The Bertz CT molecular complexity index is 706. The van der Waals surface area contributed by atoms with Crippen molar-refractivity contribution in [3.63, 3.8) is 0 Å². The lowest BCUT2D eigenvalue weighted by Gasteiger charge is -2.38. The molecule has 3 aliphatic rings. The summed E-state index contributed by atoms with van der Waals surface area (Å²) in [7, 11) is 0. The minimum Gasteiger partial charge on any atom is -0.340 e. The summed E-state index contributed by atoms with van der Waals surface area (Å²) in [5, 5.41) is 0. The van der Waals surface area contributed by atoms with E-state index in [9.17, 15) is 18.0 Å². The molecule has 1 aromatic carbocycles. The quantitative estimate of drug-likeness (QED) is 0.812. The van der Waals surface area contributed by atoms with Gasteiger partial charge in [-0.1, -0.05) is 0 Å². The molecule has 4 rings (SSSR count). The van der Waals surface area contributed by atoms with Crippen molar-refractivity contribution < 1.29 is 18.0 Å². The van der Waals surface area contributed by atoms with Gasteiger partial charge in [-0.05, 0) is 69.7 Å². The van der Waals surface area contributed by atoms with E-state index in [1.807, 2.05) is 0 Å². The van der Waals surface area contributed by atoms with Gasteiger partial charge in [0.2, 0.25) is 0 Å². The molecule has 26 heavy (non-hydrogen) atoms. The summed E-state index contributed by atoms with van der Waals surface area (Å²) in [6.45, 7) is 2.36. The molecule has 6 heteroatoms. The highest BCUT2D eigenvalue weighted by Gasteiger charge is 2.53. The Balaban J connectivity index is 1.48. The van der Waals surface area contributed by atoms with E-state index in [1.54, 1.807) is 4.90 Å². The van der Waals surface area contributed by atoms with Crippen LogP contribution in [0.5, 0.6) is 0 Å². The Morgan fingerprint density at radius 3 is 2.46 bits per heavy atom. The molecule has 1 aliphatic carbocycles. The van der Waals surface area contributed by atoms with Gasteiger partial charge in [-0.25, -0.2) is 13.2 Å². The molecule has 0 N–H and O–H groups in total. The maximum absolute atomic E-state index is 14.1. The average molecular weight is 366 g/mol. The van der Waals surface area contributed by atoms with E-state index in [4.69, 9.17) is 0 Å². The van der Waals surface area contributed by atoms with Gasteiger partial charge < -0.3 is 4.90 Å². The van der Waals surface area contributed by atoms with Crippen molar-refractivity contribution in [2.24, 2.45) is 0 Å². The summed E-state index contributed by atoms with van der Waals surface area (Å²) in [6.07, 6.45) is 5.20. The fraction of sp³-hybridized carbons (Fsp3) is 0.650. The molecule has 142 valence electrons. The first-order valence-electron chi connectivity index (χ1n) is 9.59. The number of carbonyl (C=O) groups excluding carboxylic acids is 1. The largest absolute Gasteiger partial charge is 0.340 e. The zero-order chi connectivity index (χ0) is 18.4. The lowest BCUT2D eigenvalue weighted by Crippen LogP contribution is -2.45. The van der Waals surface area contributed by atoms with Crippen LogP contribution in [0.4, 0.5) is 13.2 Å². The maximum Gasteiger partial charge on any atom is 0.260 e. The molecule has 3 fully saturated rings. The molecule has 0 bridgehead atoms. The van der Waals surface area contributed by atoms with E-state index in [1.165, 1.54) is 12.1 Å². The van der Waals surface area contributed by atoms with E-state index in [0.717, 1.165) is 44.7 Å². The lowest BCUT2D eigenvalue weighted by molar-refractivity contribution is -0.138. The highest BCUT2D eigenvalue weighted by molar-refractivity contribution is 5.88. The van der Waals surface area contributed by atoms with Crippen LogP contribution in [0.25, 0.3) is 0 Å². The normalized spacial score (nSPS) is 28.3. The van der Waals surface area contributed by atoms with Crippen LogP contribution in [0.2, 0.25) is 0 Å². The van der Waals surface area contributed by atoms with Crippen molar-refractivity contribution in [1.29, 1.82) is 0 Å². The minimum absolute atomic E-state index is 0.0964. The molecular formula is C20H25F3N2O. The van der Waals surface area contributed by atoms with Crippen LogP contribution in [0.15, 0.2) is 18.2 Å². The Morgan fingerprint density at radius 2 is 1.73 bits per heavy atom. The van der Waals surface area contributed by atoms with Gasteiger partial charge in [-0.15, -0.1) is 0 Å². The summed E-state index contributed by atoms with van der Waals surface area (Å²) in [6, 6.07) is 3.59. The predicted octanol–water partition coefficient (Wildman–Crippen LogP) is 3.81. The minimum atomic E-state index is -1.61. The SMILES string of the molecule is O=C(N1CCC[C@]2(CCCN2Cc2cc(F)ccc2F)CC1)C1(F)CC1. The molecular weight excluding hydrogens is 341 g/mol. The molecule has 2 heterocycles. The number of hydrogen-bond acceptors (Lipinski definition) is 2. The lowest BCUT2D eigenvalue weighted by atomic mass is 9.87. The average Bonchev–Trinajstić information content (AvgIpc) is 3.30. The summed E-state index contributed by atoms with van der Waals surface area (Å²) in [5.74, 6) is -1.16. The number of rotatable bonds is 3. The smallest absolute Gasteiger partial charge is 0.260 e. The van der Waals surface area contributed by atoms with E-state index in [2.05, 4.69) is 4.90 Å². The number of likely N-dealkylation sites (tertiary alicyclic amines) is 2. The number of halogens is 3. The Kier molecular flexibility index (Phi) is 4.49. The third-order valence-electron chi connectivity index (χ3n) is 6.39. The van der Waals surface area contributed by atoms with E-state index in [-0.39, 0.29) is 17.3 Å². The van der Waals surface area contributed by atoms with Crippen molar-refractivity contribution in [2.45, 2.75) is 62.7 Å². The van der Waals surface area contributed by atoms with Crippen LogP contribution in [-0.4, -0.2) is 46.5 Å². The van der Waals surface area contributed by atoms with Crippen LogP contribution < -0.4 is 0 Å². The Labute approximate surface area is 152 Å². The third kappa shape index (κ3) is 3.24. The number of carbonyl (C=O) groups is 1. The zero-order valence-corrected chi connectivity index (χ0v) is 14.9. The second-order valence-corrected chi connectivity index (χ2v) is 8.10. The summed E-state index contributed by atoms with van der Waals surface area (Å²) >= 11 is 0. The fourth-order valence-corrected chi connectivity index (χ4v) is 4.67. The topological polar surface area (TPSA) is 23.6 Å². The Hall–Kier alpha value is -1.56. The van der Waals surface area contributed by atoms with Gasteiger partial charge >= 0.3 is 0 Å². The van der Waals surface area contributed by atoms with Crippen LogP contribution >= 0.6 is 0 Å². The van der Waals surface area contributed by atoms with Crippen molar-refractivity contribution in [3.05, 3.63) is 35.4 Å². The maximum atomic E-state index is 14.1. The molecule has 2 saturated heterocycles. The molecule has 0 aromatic heterocycles. The molecule has 1 spiro atoms. The van der Waals surface area contributed by atoms with Gasteiger partial charge in [0, 0.05) is 30.7 Å². The summed E-state index contributed by atoms with van der Waals surface area (Å²) in [5.41, 5.74) is -1.33. The second-order valence-electron chi connectivity index (χ2n) is 8.10. The number of benzene rings is 1. The van der Waals surface area contributed by atoms with E-state index in [0.29, 0.717) is 38.0 Å². The standard InChI is InChI=1S/C20H25F3N2O/c21-16-3-4-17(22)15(13-16)14-25-11-2-6-19(25)5-1-10-24(12-9-19)18(26)20(23)7-8-20/h3-4,13H,1-2,5-12,14H2/t19-/m0/s1. The molecule has 3 nitrogen and oxygen atoms in total. The molecule has 0 unspecified atom stereocenters. The number of hydrogen-bond donors (Lipinski definition) is 0. The third-order valence-corrected chi connectivity index (χ3v) is 6.39. The zero-order valence-electron chi connectivity index (χ0n) is 14.9. The van der Waals surface area contributed by atoms with Gasteiger partial charge in [0.1, 0.15) is 11.6 Å². The molecule has 2 aliphatic heterocycles. The van der Waals surface area contributed by atoms with Crippen LogP contribution in [0.1, 0.15) is 50.5 Å². The fourth-order valence-electron chi connectivity index (χ4n) is 4.67. The summed E-state index contributed by atoms with van der Waals surface area (Å²) < 4.78 is 41.7. The first-order chi connectivity index (χ1) is 12.4. The van der Waals surface area contributed by atoms with E-state index < -0.39 is 11.5 Å². The van der Waals surface area contributed by atoms with Crippen LogP contribution in [-0.2, 0) is 11.3 Å². The second kappa shape index (κ2) is 6.55. The summed E-state index contributed by atoms with van der Waals surface area (Å²) in [4.78, 5) is 16.3. The molecule has 1 saturated carbocycles. The van der Waals surface area contributed by atoms with Gasteiger partial charge in [-0.2, -0.15) is 0 Å². The van der Waals surface area contributed by atoms with Gasteiger partial charge in [0.15, 0.2) is 5.67 Å². The van der Waals surface area contributed by atoms with Gasteiger partial charge in [0.05, 0.1) is 0 Å². The van der Waals surface area contributed by atoms with Crippen molar-refractivity contribution >= 4 is 5.91 Å². The predicted molar refractivity (Wildman–Crippen MR) is 92.2 cm³/mol. The van der Waals surface area contributed by atoms with Crippen LogP contribution in [0, 0.1) is 11.6 Å². The van der Waals surface area contributed by atoms with Gasteiger partial charge in [0.25, 0.3) is 5.91 Å². The van der Waals surface area contributed by atoms with Gasteiger partial charge in [-0.3, -0.25) is 9.69 Å². The monoisotopic (exact) mass is 366 g/mol. The number of amides is 1. The molecule has 1 atom stereocenters. The van der Waals surface area contributed by atoms with Crippen LogP contribution in [0.3, 0.4) is 0 Å². The molecule has 1 aromatic rings. The highest BCUT2D eigenvalue weighted by atomic mass is 19.1. The van der Waals surface area contributed by atoms with Crippen molar-refractivity contribution in [3.8, 4) is 0 Å². The highest BCUT2D eigenvalue weighted by Crippen LogP contribution is 2.44. The molecule has 0 radical (unpaired) electrons. The first-order valence-corrected chi connectivity index (χ1v) is 9.59. The van der Waals surface area contributed by atoms with Crippen molar-refractivity contribution in [1.82, 2.24) is 9.80 Å². The number of nitrogens with zero attached hydrogens (tertiary/aromatic N) is 2. The van der Waals surface area contributed by atoms with Crippen molar-refractivity contribution in [2.75, 3.05) is 19.6 Å².